The normalized spacial score (nSPS) is 15.0. The van der Waals surface area contributed by atoms with Crippen LogP contribution in [0.25, 0.3) is 44.5 Å². The van der Waals surface area contributed by atoms with Gasteiger partial charge < -0.3 is 4.90 Å². The van der Waals surface area contributed by atoms with E-state index in [4.69, 9.17) is 0 Å². The van der Waals surface area contributed by atoms with Crippen molar-refractivity contribution in [3.8, 4) is 44.5 Å². The van der Waals surface area contributed by atoms with Crippen molar-refractivity contribution in [3.63, 3.8) is 0 Å². The van der Waals surface area contributed by atoms with E-state index in [0.717, 1.165) is 56.0 Å². The fourth-order valence-electron chi connectivity index (χ4n) is 8.26. The largest absolute Gasteiger partial charge is 0.312 e. The molecule has 0 saturated carbocycles. The molecule has 1 aliphatic heterocycles. The van der Waals surface area contributed by atoms with E-state index in [1.807, 2.05) is 30.3 Å². The number of carbonyl (C=O) groups excluding carboxylic acids is 2. The predicted octanol–water partition coefficient (Wildman–Crippen LogP) is 13.0. The van der Waals surface area contributed by atoms with Crippen LogP contribution in [0, 0.1) is 6.92 Å². The molecule has 0 radical (unpaired) electrons. The lowest BCUT2D eigenvalue weighted by atomic mass is 9.83. The number of rotatable bonds is 6. The van der Waals surface area contributed by atoms with E-state index < -0.39 is 5.41 Å². The quantitative estimate of drug-likeness (QED) is 0.127. The summed E-state index contributed by atoms with van der Waals surface area (Å²) in [6, 6.07) is 58.7. The molecule has 0 N–H and O–H groups in total. The second-order valence-electron chi connectivity index (χ2n) is 14.9. The Bertz CT molecular complexity index is 2540. The van der Waals surface area contributed by atoms with Crippen LogP contribution >= 0.6 is 0 Å². The molecule has 7 aromatic rings. The number of Topliss-reactive ketones (excluding diaryl/α,β-unsaturated/α-hetero) is 2. The molecule has 55 heavy (non-hydrogen) atoms. The van der Waals surface area contributed by atoms with E-state index in [-0.39, 0.29) is 17.1 Å². The van der Waals surface area contributed by atoms with E-state index in [0.29, 0.717) is 11.1 Å². The fraction of sp³-hybridized carbons (Fsp3) is 0.0769. The number of ketones is 2. The Kier molecular flexibility index (Phi) is 8.36. The molecule has 0 spiro atoms. The smallest absolute Gasteiger partial charge is 0.197 e. The van der Waals surface area contributed by atoms with Crippen LogP contribution in [0.5, 0.6) is 0 Å². The Labute approximate surface area is 322 Å². The van der Waals surface area contributed by atoms with Crippen LogP contribution in [-0.2, 0) is 5.41 Å². The topological polar surface area (TPSA) is 37.4 Å². The van der Waals surface area contributed by atoms with E-state index >= 15 is 0 Å². The van der Waals surface area contributed by atoms with Gasteiger partial charge >= 0.3 is 0 Å². The van der Waals surface area contributed by atoms with Gasteiger partial charge in [0.25, 0.3) is 0 Å². The fourth-order valence-corrected chi connectivity index (χ4v) is 8.26. The maximum atomic E-state index is 13.6. The molecule has 0 atom stereocenters. The van der Waals surface area contributed by atoms with Gasteiger partial charge in [0.15, 0.2) is 11.6 Å². The van der Waals surface area contributed by atoms with Crippen molar-refractivity contribution in [1.29, 1.82) is 0 Å². The summed E-state index contributed by atoms with van der Waals surface area (Å²) in [5.74, 6) is -0.461. The third kappa shape index (κ3) is 5.86. The monoisotopic (exact) mass is 709 g/mol. The molecule has 0 amide bonds. The molecule has 1 aliphatic carbocycles. The molecule has 0 saturated heterocycles. The van der Waals surface area contributed by atoms with Crippen LogP contribution in [0.3, 0.4) is 0 Å². The molecule has 0 unspecified atom stereocenters. The zero-order chi connectivity index (χ0) is 37.7. The number of fused-ring (bicyclic) bond motifs is 2. The van der Waals surface area contributed by atoms with Crippen LogP contribution in [0.15, 0.2) is 193 Å². The second kappa shape index (κ2) is 13.5. The van der Waals surface area contributed by atoms with Gasteiger partial charge in [0.2, 0.25) is 0 Å². The first-order chi connectivity index (χ1) is 26.8. The minimum absolute atomic E-state index is 0.192. The van der Waals surface area contributed by atoms with E-state index in [2.05, 4.69) is 159 Å². The highest BCUT2D eigenvalue weighted by atomic mass is 16.2. The molecule has 0 bridgehead atoms. The molecule has 3 nitrogen and oxygen atoms in total. The van der Waals surface area contributed by atoms with Gasteiger partial charge in [0.05, 0.1) is 16.9 Å². The van der Waals surface area contributed by atoms with Crippen LogP contribution in [0.1, 0.15) is 45.7 Å². The maximum absolute atomic E-state index is 13.6. The molecule has 1 heterocycles. The molecular weight excluding hydrogens is 671 g/mol. The highest BCUT2D eigenvalue weighted by Gasteiger charge is 2.42. The number of allylic oxidation sites excluding steroid dienone is 4. The lowest BCUT2D eigenvalue weighted by Gasteiger charge is -2.31. The molecule has 0 aromatic heterocycles. The van der Waals surface area contributed by atoms with Gasteiger partial charge in [0, 0.05) is 33.4 Å². The van der Waals surface area contributed by atoms with Crippen molar-refractivity contribution >= 4 is 22.9 Å². The van der Waals surface area contributed by atoms with Crippen molar-refractivity contribution in [1.82, 2.24) is 0 Å². The summed E-state index contributed by atoms with van der Waals surface area (Å²) in [6.45, 7) is 6.60. The Morgan fingerprint density at radius 2 is 0.873 bits per heavy atom. The third-order valence-corrected chi connectivity index (χ3v) is 11.1. The van der Waals surface area contributed by atoms with Crippen LogP contribution in [0.2, 0.25) is 0 Å². The van der Waals surface area contributed by atoms with Gasteiger partial charge in [-0.25, -0.2) is 0 Å². The van der Waals surface area contributed by atoms with Gasteiger partial charge in [-0.1, -0.05) is 166 Å². The first kappa shape index (κ1) is 34.0. The second-order valence-corrected chi connectivity index (χ2v) is 14.9. The van der Waals surface area contributed by atoms with Crippen molar-refractivity contribution in [2.45, 2.75) is 26.2 Å². The SMILES string of the molecule is Cc1cc(-c2ccc(-c3ccccc3)cc2)c(N2/C(=C/C=C3C(=O)c4ccccc4C3=O)C(C)(C)c3ccccc32)c(-c2ccc(-c3ccccc3)cc2)c1. The lowest BCUT2D eigenvalue weighted by Crippen LogP contribution is -2.23. The third-order valence-electron chi connectivity index (χ3n) is 11.1. The number of para-hydroxylation sites is 1. The number of benzene rings is 7. The van der Waals surface area contributed by atoms with Crippen LogP contribution < -0.4 is 4.90 Å². The van der Waals surface area contributed by atoms with E-state index in [1.54, 1.807) is 18.2 Å². The van der Waals surface area contributed by atoms with Crippen LogP contribution in [-0.4, -0.2) is 11.6 Å². The summed E-state index contributed by atoms with van der Waals surface area (Å²) < 4.78 is 0. The molecule has 9 rings (SSSR count). The maximum Gasteiger partial charge on any atom is 0.197 e. The molecule has 2 aliphatic rings. The molecule has 0 fully saturated rings. The average molecular weight is 710 g/mol. The van der Waals surface area contributed by atoms with E-state index in [1.165, 1.54) is 16.7 Å². The highest BCUT2D eigenvalue weighted by molar-refractivity contribution is 6.39. The lowest BCUT2D eigenvalue weighted by molar-refractivity contribution is 0.0988. The highest BCUT2D eigenvalue weighted by Crippen LogP contribution is 2.55. The van der Waals surface area contributed by atoms with Crippen molar-refractivity contribution < 1.29 is 9.59 Å². The Morgan fingerprint density at radius 1 is 0.455 bits per heavy atom. The number of nitrogens with zero attached hydrogens (tertiary/aromatic N) is 1. The van der Waals surface area contributed by atoms with Gasteiger partial charge in [-0.3, -0.25) is 9.59 Å². The summed E-state index contributed by atoms with van der Waals surface area (Å²) in [5, 5.41) is 0. The zero-order valence-electron chi connectivity index (χ0n) is 31.1. The number of hydrogen-bond donors (Lipinski definition) is 0. The van der Waals surface area contributed by atoms with Gasteiger partial charge in [-0.05, 0) is 81.8 Å². The molecule has 7 aromatic carbocycles. The summed E-state index contributed by atoms with van der Waals surface area (Å²) in [7, 11) is 0. The molecular formula is C52H39NO2. The Hall–Kier alpha value is -6.84. The summed E-state index contributed by atoms with van der Waals surface area (Å²) >= 11 is 0. The zero-order valence-corrected chi connectivity index (χ0v) is 31.1. The first-order valence-corrected chi connectivity index (χ1v) is 18.8. The van der Waals surface area contributed by atoms with Gasteiger partial charge in [-0.2, -0.15) is 0 Å². The summed E-state index contributed by atoms with van der Waals surface area (Å²) in [4.78, 5) is 29.5. The van der Waals surface area contributed by atoms with Crippen molar-refractivity contribution in [2.24, 2.45) is 0 Å². The van der Waals surface area contributed by atoms with Crippen LogP contribution in [0.4, 0.5) is 11.4 Å². The first-order valence-electron chi connectivity index (χ1n) is 18.8. The number of anilines is 2. The number of aryl methyl sites for hydroxylation is 1. The Morgan fingerprint density at radius 3 is 1.38 bits per heavy atom. The molecule has 3 heteroatoms. The average Bonchev–Trinajstić information content (AvgIpc) is 3.61. The minimum atomic E-state index is -0.459. The number of carbonyl (C=O) groups is 2. The summed E-state index contributed by atoms with van der Waals surface area (Å²) in [5.41, 5.74) is 15.1. The van der Waals surface area contributed by atoms with Crippen molar-refractivity contribution in [2.75, 3.05) is 4.90 Å². The van der Waals surface area contributed by atoms with Gasteiger partial charge in [0.1, 0.15) is 0 Å². The van der Waals surface area contributed by atoms with Gasteiger partial charge in [-0.15, -0.1) is 0 Å². The number of hydrogen-bond acceptors (Lipinski definition) is 3. The summed E-state index contributed by atoms with van der Waals surface area (Å²) in [6.07, 6.45) is 3.75. The minimum Gasteiger partial charge on any atom is -0.312 e. The Balaban J connectivity index is 1.27. The predicted molar refractivity (Wildman–Crippen MR) is 226 cm³/mol. The standard InChI is InChI=1S/C52H39NO2/c1-34-32-44(39-26-22-37(23-27-39)35-14-6-4-7-15-35)49(45(33-34)40-28-24-38(25-29-40)36-16-8-5-9-17-36)53-47-21-13-12-20-46(47)52(2,3)48(53)31-30-43-50(54)41-18-10-11-19-42(41)51(43)55/h4-33H,1-3H3/b48-31+. The molecule has 264 valence electrons. The van der Waals surface area contributed by atoms with Crippen molar-refractivity contribution in [3.05, 3.63) is 216 Å². The van der Waals surface area contributed by atoms with E-state index in [9.17, 15) is 9.59 Å².